The van der Waals surface area contributed by atoms with Crippen molar-refractivity contribution in [1.82, 2.24) is 10.3 Å². The Balaban J connectivity index is 1.73. The van der Waals surface area contributed by atoms with Crippen LogP contribution in [0.2, 0.25) is 0 Å². The standard InChI is InChI=1S/C13H12N2O5S/c16-12(19-7-9-4-2-1-3-5-9)14-6-11-15-10(8-21-11)20-13(17)18/h1-5,8H,6-7H2,(H,14,16)(H,17,18). The van der Waals surface area contributed by atoms with Crippen molar-refractivity contribution < 1.29 is 24.2 Å². The number of nitrogens with one attached hydrogen (secondary N) is 1. The molecule has 21 heavy (non-hydrogen) atoms. The molecule has 0 spiro atoms. The molecule has 2 aromatic rings. The number of ether oxygens (including phenoxy) is 2. The quantitative estimate of drug-likeness (QED) is 0.824. The summed E-state index contributed by atoms with van der Waals surface area (Å²) in [7, 11) is 0. The average Bonchev–Trinajstić information content (AvgIpc) is 2.91. The second-order valence-corrected chi connectivity index (χ2v) is 4.81. The molecule has 0 aliphatic heterocycles. The summed E-state index contributed by atoms with van der Waals surface area (Å²) in [5, 5.41) is 12.9. The van der Waals surface area contributed by atoms with Crippen molar-refractivity contribution in [3.63, 3.8) is 0 Å². The number of rotatable bonds is 5. The smallest absolute Gasteiger partial charge is 0.449 e. The molecule has 0 saturated heterocycles. The number of carboxylic acid groups (broad SMARTS) is 1. The van der Waals surface area contributed by atoms with Gasteiger partial charge in [-0.05, 0) is 5.56 Å². The van der Waals surface area contributed by atoms with Gasteiger partial charge in [-0.3, -0.25) is 0 Å². The Bertz CT molecular complexity index is 614. The molecule has 0 fully saturated rings. The van der Waals surface area contributed by atoms with Gasteiger partial charge >= 0.3 is 12.2 Å². The molecular formula is C13H12N2O5S. The van der Waals surface area contributed by atoms with E-state index in [1.165, 1.54) is 16.7 Å². The van der Waals surface area contributed by atoms with E-state index in [0.717, 1.165) is 5.56 Å². The van der Waals surface area contributed by atoms with Crippen LogP contribution >= 0.6 is 11.3 Å². The highest BCUT2D eigenvalue weighted by Gasteiger charge is 2.08. The van der Waals surface area contributed by atoms with Crippen LogP contribution in [0.3, 0.4) is 0 Å². The number of thiazole rings is 1. The number of carbonyl (C=O) groups is 2. The Morgan fingerprint density at radius 2 is 2.05 bits per heavy atom. The minimum atomic E-state index is -1.43. The minimum Gasteiger partial charge on any atom is -0.449 e. The summed E-state index contributed by atoms with van der Waals surface area (Å²) in [5.41, 5.74) is 0.888. The molecular weight excluding hydrogens is 296 g/mol. The van der Waals surface area contributed by atoms with Crippen molar-refractivity contribution in [1.29, 1.82) is 0 Å². The lowest BCUT2D eigenvalue weighted by atomic mass is 10.2. The maximum Gasteiger partial charge on any atom is 0.512 e. The molecule has 2 rings (SSSR count). The van der Waals surface area contributed by atoms with Crippen LogP contribution in [0.4, 0.5) is 9.59 Å². The zero-order chi connectivity index (χ0) is 15.1. The number of aromatic nitrogens is 1. The zero-order valence-corrected chi connectivity index (χ0v) is 11.6. The lowest BCUT2D eigenvalue weighted by Crippen LogP contribution is -2.23. The lowest BCUT2D eigenvalue weighted by Gasteiger charge is -2.05. The summed E-state index contributed by atoms with van der Waals surface area (Å²) in [4.78, 5) is 25.7. The Morgan fingerprint density at radius 3 is 2.76 bits per heavy atom. The zero-order valence-electron chi connectivity index (χ0n) is 10.8. The highest BCUT2D eigenvalue weighted by Crippen LogP contribution is 2.16. The van der Waals surface area contributed by atoms with Crippen molar-refractivity contribution in [2.45, 2.75) is 13.2 Å². The Morgan fingerprint density at radius 1 is 1.29 bits per heavy atom. The van der Waals surface area contributed by atoms with Crippen LogP contribution in [-0.4, -0.2) is 22.3 Å². The summed E-state index contributed by atoms with van der Waals surface area (Å²) in [6, 6.07) is 9.29. The monoisotopic (exact) mass is 308 g/mol. The Hall–Kier alpha value is -2.61. The van der Waals surface area contributed by atoms with Gasteiger partial charge in [-0.15, -0.1) is 11.3 Å². The van der Waals surface area contributed by atoms with Crippen molar-refractivity contribution in [2.75, 3.05) is 0 Å². The molecule has 0 aliphatic carbocycles. The van der Waals surface area contributed by atoms with E-state index in [4.69, 9.17) is 9.84 Å². The SMILES string of the molecule is O=C(O)Oc1csc(CNC(=O)OCc2ccccc2)n1. The molecule has 2 N–H and O–H groups in total. The van der Waals surface area contributed by atoms with Crippen LogP contribution in [0.1, 0.15) is 10.6 Å². The van der Waals surface area contributed by atoms with E-state index in [2.05, 4.69) is 15.0 Å². The van der Waals surface area contributed by atoms with Crippen LogP contribution in [0, 0.1) is 0 Å². The predicted octanol–water partition coefficient (Wildman–Crippen LogP) is 2.63. The maximum atomic E-state index is 11.5. The van der Waals surface area contributed by atoms with Crippen molar-refractivity contribution in [2.24, 2.45) is 0 Å². The molecule has 0 atom stereocenters. The summed E-state index contributed by atoms with van der Waals surface area (Å²) in [6.07, 6.45) is -2.00. The van der Waals surface area contributed by atoms with Crippen LogP contribution < -0.4 is 10.1 Å². The maximum absolute atomic E-state index is 11.5. The van der Waals surface area contributed by atoms with Crippen LogP contribution in [0.25, 0.3) is 0 Å². The molecule has 7 nitrogen and oxygen atoms in total. The summed E-state index contributed by atoms with van der Waals surface area (Å²) < 4.78 is 9.40. The van der Waals surface area contributed by atoms with Gasteiger partial charge in [0.05, 0.1) is 11.9 Å². The van der Waals surface area contributed by atoms with Gasteiger partial charge in [0.1, 0.15) is 11.6 Å². The van der Waals surface area contributed by atoms with E-state index in [0.29, 0.717) is 5.01 Å². The number of nitrogens with zero attached hydrogens (tertiary/aromatic N) is 1. The normalized spacial score (nSPS) is 9.90. The lowest BCUT2D eigenvalue weighted by molar-refractivity contribution is 0.138. The molecule has 0 bridgehead atoms. The van der Waals surface area contributed by atoms with Gasteiger partial charge in [0.2, 0.25) is 5.88 Å². The molecule has 8 heteroatoms. The van der Waals surface area contributed by atoms with Crippen LogP contribution in [0.15, 0.2) is 35.7 Å². The number of benzene rings is 1. The van der Waals surface area contributed by atoms with Crippen molar-refractivity contribution in [3.05, 3.63) is 46.3 Å². The number of hydrogen-bond donors (Lipinski definition) is 2. The molecule has 1 aromatic carbocycles. The fraction of sp³-hybridized carbons (Fsp3) is 0.154. The molecule has 1 amide bonds. The van der Waals surface area contributed by atoms with E-state index in [1.54, 1.807) is 0 Å². The van der Waals surface area contributed by atoms with Crippen LogP contribution in [0.5, 0.6) is 5.88 Å². The van der Waals surface area contributed by atoms with E-state index >= 15 is 0 Å². The molecule has 0 aliphatic rings. The fourth-order valence-electron chi connectivity index (χ4n) is 1.43. The minimum absolute atomic E-state index is 0.0121. The van der Waals surface area contributed by atoms with E-state index in [1.807, 2.05) is 30.3 Å². The third kappa shape index (κ3) is 5.11. The third-order valence-electron chi connectivity index (χ3n) is 2.32. The van der Waals surface area contributed by atoms with Crippen molar-refractivity contribution in [3.8, 4) is 5.88 Å². The molecule has 110 valence electrons. The first kappa shape index (κ1) is 14.8. The number of alkyl carbamates (subject to hydrolysis) is 1. The van der Waals surface area contributed by atoms with Crippen LogP contribution in [-0.2, 0) is 17.9 Å². The summed E-state index contributed by atoms with van der Waals surface area (Å²) >= 11 is 1.18. The van der Waals surface area contributed by atoms with Gasteiger partial charge in [-0.2, -0.15) is 0 Å². The highest BCUT2D eigenvalue weighted by molar-refractivity contribution is 7.09. The molecule has 1 heterocycles. The largest absolute Gasteiger partial charge is 0.512 e. The van der Waals surface area contributed by atoms with Gasteiger partial charge in [-0.25, -0.2) is 14.6 Å². The topological polar surface area (TPSA) is 97.8 Å². The average molecular weight is 308 g/mol. The number of hydrogen-bond acceptors (Lipinski definition) is 6. The summed E-state index contributed by atoms with van der Waals surface area (Å²) in [5.74, 6) is -0.0121. The first-order valence-corrected chi connectivity index (χ1v) is 6.81. The number of carbonyl (C=O) groups excluding carboxylic acids is 1. The second-order valence-electron chi connectivity index (χ2n) is 3.86. The van der Waals surface area contributed by atoms with Gasteiger partial charge in [0.15, 0.2) is 0 Å². The molecule has 0 radical (unpaired) electrons. The Kier molecular flexibility index (Phi) is 5.10. The fourth-order valence-corrected chi connectivity index (χ4v) is 2.07. The highest BCUT2D eigenvalue weighted by atomic mass is 32.1. The number of amides is 1. The third-order valence-corrected chi connectivity index (χ3v) is 3.15. The van der Waals surface area contributed by atoms with Gasteiger partial charge in [-0.1, -0.05) is 30.3 Å². The van der Waals surface area contributed by atoms with E-state index in [9.17, 15) is 9.59 Å². The molecule has 1 aromatic heterocycles. The first-order chi connectivity index (χ1) is 10.1. The Labute approximate surface area is 124 Å². The van der Waals surface area contributed by atoms with Crippen molar-refractivity contribution >= 4 is 23.6 Å². The van der Waals surface area contributed by atoms with Gasteiger partial charge in [0.25, 0.3) is 0 Å². The predicted molar refractivity (Wildman–Crippen MR) is 74.2 cm³/mol. The second kappa shape index (κ2) is 7.25. The molecule has 0 unspecified atom stereocenters. The summed E-state index contributed by atoms with van der Waals surface area (Å²) in [6.45, 7) is 0.319. The van der Waals surface area contributed by atoms with Gasteiger partial charge < -0.3 is 19.9 Å². The molecule has 0 saturated carbocycles. The van der Waals surface area contributed by atoms with E-state index in [-0.39, 0.29) is 19.0 Å². The van der Waals surface area contributed by atoms with Gasteiger partial charge in [0, 0.05) is 0 Å². The first-order valence-electron chi connectivity index (χ1n) is 5.93. The van der Waals surface area contributed by atoms with E-state index < -0.39 is 12.2 Å².